The van der Waals surface area contributed by atoms with Crippen molar-refractivity contribution in [1.29, 1.82) is 0 Å². The molecule has 2 aromatic carbocycles. The molecule has 0 saturated carbocycles. The van der Waals surface area contributed by atoms with Gasteiger partial charge in [0, 0.05) is 5.75 Å². The summed E-state index contributed by atoms with van der Waals surface area (Å²) in [5, 5.41) is 8.83. The molecule has 0 amide bonds. The van der Waals surface area contributed by atoms with Crippen LogP contribution in [0.4, 0.5) is 0 Å². The Morgan fingerprint density at radius 2 is 1.67 bits per heavy atom. The SMILES string of the molecule is Cc1ccc(Cc2nnc(SCc3ccccc3)o2)cc1. The standard InChI is InChI=1S/C17H16N2OS/c1-13-7-9-14(10-8-13)11-16-18-19-17(20-16)21-12-15-5-3-2-4-6-15/h2-10H,11-12H2,1H3. The monoisotopic (exact) mass is 296 g/mol. The van der Waals surface area contributed by atoms with Gasteiger partial charge in [0.15, 0.2) is 0 Å². The minimum absolute atomic E-state index is 0.626. The van der Waals surface area contributed by atoms with Gasteiger partial charge in [0.25, 0.3) is 5.22 Å². The lowest BCUT2D eigenvalue weighted by molar-refractivity contribution is 0.420. The first kappa shape index (κ1) is 13.9. The van der Waals surface area contributed by atoms with E-state index in [4.69, 9.17) is 4.42 Å². The highest BCUT2D eigenvalue weighted by Gasteiger charge is 2.07. The van der Waals surface area contributed by atoms with Gasteiger partial charge in [-0.2, -0.15) is 0 Å². The summed E-state index contributed by atoms with van der Waals surface area (Å²) in [7, 11) is 0. The van der Waals surface area contributed by atoms with Gasteiger partial charge in [-0.1, -0.05) is 71.9 Å². The second kappa shape index (κ2) is 6.59. The van der Waals surface area contributed by atoms with Crippen molar-refractivity contribution in [2.45, 2.75) is 24.3 Å². The van der Waals surface area contributed by atoms with Crippen molar-refractivity contribution in [2.75, 3.05) is 0 Å². The maximum Gasteiger partial charge on any atom is 0.276 e. The molecule has 0 saturated heterocycles. The van der Waals surface area contributed by atoms with E-state index in [2.05, 4.69) is 53.5 Å². The van der Waals surface area contributed by atoms with Gasteiger partial charge in [0.05, 0.1) is 6.42 Å². The molecular weight excluding hydrogens is 280 g/mol. The van der Waals surface area contributed by atoms with Gasteiger partial charge < -0.3 is 4.42 Å². The maximum absolute atomic E-state index is 5.68. The van der Waals surface area contributed by atoms with Crippen molar-refractivity contribution in [3.63, 3.8) is 0 Å². The van der Waals surface area contributed by atoms with Crippen molar-refractivity contribution >= 4 is 11.8 Å². The Bertz CT molecular complexity index is 692. The summed E-state index contributed by atoms with van der Waals surface area (Å²) in [5.74, 6) is 1.50. The van der Waals surface area contributed by atoms with Crippen LogP contribution in [0.15, 0.2) is 64.2 Å². The predicted octanol–water partition coefficient (Wildman–Crippen LogP) is 4.26. The normalized spacial score (nSPS) is 10.7. The Labute approximate surface area is 128 Å². The van der Waals surface area contributed by atoms with Crippen LogP contribution in [0.25, 0.3) is 0 Å². The fraction of sp³-hybridized carbons (Fsp3) is 0.176. The van der Waals surface area contributed by atoms with E-state index in [-0.39, 0.29) is 0 Å². The van der Waals surface area contributed by atoms with Gasteiger partial charge in [0.2, 0.25) is 5.89 Å². The molecule has 3 nitrogen and oxygen atoms in total. The molecule has 1 aromatic heterocycles. The summed E-state index contributed by atoms with van der Waals surface area (Å²) >= 11 is 1.57. The Morgan fingerprint density at radius 1 is 0.905 bits per heavy atom. The average Bonchev–Trinajstić information content (AvgIpc) is 2.96. The highest BCUT2D eigenvalue weighted by atomic mass is 32.2. The van der Waals surface area contributed by atoms with Gasteiger partial charge in [-0.3, -0.25) is 0 Å². The summed E-state index contributed by atoms with van der Waals surface area (Å²) in [5.41, 5.74) is 3.69. The van der Waals surface area contributed by atoms with Crippen molar-refractivity contribution < 1.29 is 4.42 Å². The molecule has 106 valence electrons. The Hall–Kier alpha value is -2.07. The number of benzene rings is 2. The summed E-state index contributed by atoms with van der Waals surface area (Å²) < 4.78 is 5.68. The minimum Gasteiger partial charge on any atom is -0.416 e. The first-order valence-corrected chi connectivity index (χ1v) is 7.83. The highest BCUT2D eigenvalue weighted by Crippen LogP contribution is 2.22. The van der Waals surface area contributed by atoms with Crippen LogP contribution in [-0.4, -0.2) is 10.2 Å². The molecule has 3 aromatic rings. The lowest BCUT2D eigenvalue weighted by atomic mass is 10.1. The molecule has 0 unspecified atom stereocenters. The van der Waals surface area contributed by atoms with E-state index >= 15 is 0 Å². The molecule has 3 rings (SSSR count). The molecule has 0 radical (unpaired) electrons. The van der Waals surface area contributed by atoms with E-state index < -0.39 is 0 Å². The average molecular weight is 296 g/mol. The fourth-order valence-corrected chi connectivity index (χ4v) is 2.70. The van der Waals surface area contributed by atoms with Gasteiger partial charge >= 0.3 is 0 Å². The Kier molecular flexibility index (Phi) is 4.36. The second-order valence-corrected chi connectivity index (χ2v) is 5.82. The molecule has 4 heteroatoms. The van der Waals surface area contributed by atoms with Crippen molar-refractivity contribution in [3.05, 3.63) is 77.2 Å². The smallest absolute Gasteiger partial charge is 0.276 e. The lowest BCUT2D eigenvalue weighted by Crippen LogP contribution is -1.88. The van der Waals surface area contributed by atoms with Crippen LogP contribution in [0.2, 0.25) is 0 Å². The topological polar surface area (TPSA) is 38.9 Å². The summed E-state index contributed by atoms with van der Waals surface area (Å²) in [6, 6.07) is 18.6. The number of rotatable bonds is 5. The second-order valence-electron chi connectivity index (χ2n) is 4.90. The van der Waals surface area contributed by atoms with Crippen molar-refractivity contribution in [2.24, 2.45) is 0 Å². The van der Waals surface area contributed by atoms with E-state index in [9.17, 15) is 0 Å². The molecule has 0 aliphatic heterocycles. The van der Waals surface area contributed by atoms with Crippen LogP contribution >= 0.6 is 11.8 Å². The van der Waals surface area contributed by atoms with Crippen molar-refractivity contribution in [1.82, 2.24) is 10.2 Å². The zero-order valence-electron chi connectivity index (χ0n) is 11.8. The number of hydrogen-bond acceptors (Lipinski definition) is 4. The number of aryl methyl sites for hydroxylation is 1. The molecule has 0 bridgehead atoms. The Balaban J connectivity index is 1.59. The number of aromatic nitrogens is 2. The zero-order chi connectivity index (χ0) is 14.5. The molecule has 0 spiro atoms. The van der Waals surface area contributed by atoms with Crippen LogP contribution in [0.5, 0.6) is 0 Å². The van der Waals surface area contributed by atoms with Gasteiger partial charge in [-0.05, 0) is 18.1 Å². The van der Waals surface area contributed by atoms with E-state index in [0.29, 0.717) is 17.5 Å². The van der Waals surface area contributed by atoms with Gasteiger partial charge in [-0.15, -0.1) is 10.2 Å². The van der Waals surface area contributed by atoms with Crippen LogP contribution in [0.1, 0.15) is 22.6 Å². The van der Waals surface area contributed by atoms with Crippen molar-refractivity contribution in [3.8, 4) is 0 Å². The Morgan fingerprint density at radius 3 is 2.43 bits per heavy atom. The minimum atomic E-state index is 0.626. The summed E-state index contributed by atoms with van der Waals surface area (Å²) in [6.07, 6.45) is 0.680. The number of thioether (sulfide) groups is 1. The quantitative estimate of drug-likeness (QED) is 0.659. The third-order valence-corrected chi connectivity index (χ3v) is 4.02. The number of hydrogen-bond donors (Lipinski definition) is 0. The molecule has 21 heavy (non-hydrogen) atoms. The molecule has 0 aliphatic carbocycles. The predicted molar refractivity (Wildman–Crippen MR) is 84.3 cm³/mol. The van der Waals surface area contributed by atoms with Crippen LogP contribution < -0.4 is 0 Å². The molecule has 0 atom stereocenters. The largest absolute Gasteiger partial charge is 0.416 e. The van der Waals surface area contributed by atoms with Gasteiger partial charge in [0.1, 0.15) is 0 Å². The van der Waals surface area contributed by atoms with Crippen LogP contribution in [-0.2, 0) is 12.2 Å². The third kappa shape index (κ3) is 3.95. The van der Waals surface area contributed by atoms with Crippen LogP contribution in [0.3, 0.4) is 0 Å². The first-order valence-electron chi connectivity index (χ1n) is 6.84. The van der Waals surface area contributed by atoms with E-state index in [1.807, 2.05) is 18.2 Å². The maximum atomic E-state index is 5.68. The molecule has 0 fully saturated rings. The van der Waals surface area contributed by atoms with E-state index in [1.54, 1.807) is 11.8 Å². The molecular formula is C17H16N2OS. The molecule has 0 aliphatic rings. The van der Waals surface area contributed by atoms with Gasteiger partial charge in [-0.25, -0.2) is 0 Å². The summed E-state index contributed by atoms with van der Waals surface area (Å²) in [4.78, 5) is 0. The molecule has 1 heterocycles. The third-order valence-electron chi connectivity index (χ3n) is 3.13. The first-order chi connectivity index (χ1) is 10.3. The van der Waals surface area contributed by atoms with Crippen LogP contribution in [0, 0.1) is 6.92 Å². The lowest BCUT2D eigenvalue weighted by Gasteiger charge is -1.98. The number of nitrogens with zero attached hydrogens (tertiary/aromatic N) is 2. The van der Waals surface area contributed by atoms with E-state index in [1.165, 1.54) is 16.7 Å². The van der Waals surface area contributed by atoms with E-state index in [0.717, 1.165) is 5.75 Å². The fourth-order valence-electron chi connectivity index (χ4n) is 1.97. The molecule has 0 N–H and O–H groups in total. The summed E-state index contributed by atoms with van der Waals surface area (Å²) in [6.45, 7) is 2.08. The highest BCUT2D eigenvalue weighted by molar-refractivity contribution is 7.98. The zero-order valence-corrected chi connectivity index (χ0v) is 12.6.